The number of ether oxygens (including phenoxy) is 1. The van der Waals surface area contributed by atoms with E-state index in [-0.39, 0.29) is 11.7 Å². The number of benzene rings is 2. The normalized spacial score (nSPS) is 14.8. The average Bonchev–Trinajstić information content (AvgIpc) is 3.39. The molecule has 0 saturated carbocycles. The lowest BCUT2D eigenvalue weighted by Crippen LogP contribution is -2.29. The Bertz CT molecular complexity index is 1370. The Kier molecular flexibility index (Phi) is 6.46. The number of H-pyrrole nitrogens is 1. The Morgan fingerprint density at radius 1 is 1.14 bits per heavy atom. The van der Waals surface area contributed by atoms with Gasteiger partial charge in [-0.2, -0.15) is 5.10 Å². The fraction of sp³-hybridized carbons (Fsp3) is 0.276. The summed E-state index contributed by atoms with van der Waals surface area (Å²) in [6.45, 7) is 7.05. The van der Waals surface area contributed by atoms with Gasteiger partial charge in [0.2, 0.25) is 0 Å². The Morgan fingerprint density at radius 2 is 2.00 bits per heavy atom. The van der Waals surface area contributed by atoms with Crippen molar-refractivity contribution in [3.63, 3.8) is 0 Å². The van der Waals surface area contributed by atoms with Crippen LogP contribution < -0.4 is 4.74 Å². The summed E-state index contributed by atoms with van der Waals surface area (Å²) >= 11 is 0. The third kappa shape index (κ3) is 4.33. The summed E-state index contributed by atoms with van der Waals surface area (Å²) in [4.78, 5) is 19.7. The van der Waals surface area contributed by atoms with E-state index in [1.165, 1.54) is 0 Å². The molecule has 0 fully saturated rings. The van der Waals surface area contributed by atoms with Gasteiger partial charge in [-0.3, -0.25) is 14.9 Å². The lowest BCUT2D eigenvalue weighted by Gasteiger charge is -2.27. The fourth-order valence-electron chi connectivity index (χ4n) is 4.95. The van der Waals surface area contributed by atoms with Gasteiger partial charge in [0.05, 0.1) is 12.6 Å². The molecular weight excluding hydrogens is 452 g/mol. The van der Waals surface area contributed by atoms with E-state index in [0.717, 1.165) is 46.4 Å². The number of fused-ring (bicyclic) bond motifs is 1. The van der Waals surface area contributed by atoms with E-state index in [4.69, 9.17) is 4.74 Å². The molecule has 36 heavy (non-hydrogen) atoms. The van der Waals surface area contributed by atoms with Crippen molar-refractivity contribution in [2.75, 3.05) is 6.61 Å². The number of phenols is 1. The van der Waals surface area contributed by atoms with E-state index in [2.05, 4.69) is 22.1 Å². The van der Waals surface area contributed by atoms with Crippen molar-refractivity contribution in [1.82, 2.24) is 20.1 Å². The number of phenolic OH excluding ortho intramolecular Hbond substituents is 1. The number of hydrogen-bond donors (Lipinski definition) is 2. The highest BCUT2D eigenvalue weighted by Crippen LogP contribution is 2.46. The quantitative estimate of drug-likeness (QED) is 0.314. The third-order valence-electron chi connectivity index (χ3n) is 6.58. The van der Waals surface area contributed by atoms with Crippen molar-refractivity contribution >= 4 is 5.91 Å². The van der Waals surface area contributed by atoms with Gasteiger partial charge in [-0.1, -0.05) is 37.6 Å². The molecule has 4 aromatic rings. The molecule has 1 amide bonds. The van der Waals surface area contributed by atoms with Gasteiger partial charge in [0.25, 0.3) is 5.91 Å². The van der Waals surface area contributed by atoms with E-state index in [0.29, 0.717) is 30.1 Å². The summed E-state index contributed by atoms with van der Waals surface area (Å²) in [7, 11) is 0. The molecule has 2 aromatic heterocycles. The summed E-state index contributed by atoms with van der Waals surface area (Å²) in [5.41, 5.74) is 6.14. The van der Waals surface area contributed by atoms with E-state index in [1.807, 2.05) is 61.2 Å². The number of aryl methyl sites for hydroxylation is 2. The topological polar surface area (TPSA) is 91.3 Å². The molecule has 184 valence electrons. The summed E-state index contributed by atoms with van der Waals surface area (Å²) in [6, 6.07) is 15.1. The van der Waals surface area contributed by atoms with E-state index in [9.17, 15) is 9.90 Å². The molecule has 0 radical (unpaired) electrons. The van der Waals surface area contributed by atoms with Crippen molar-refractivity contribution in [2.45, 2.75) is 46.2 Å². The van der Waals surface area contributed by atoms with Crippen LogP contribution >= 0.6 is 0 Å². The minimum absolute atomic E-state index is 0.140. The van der Waals surface area contributed by atoms with Crippen molar-refractivity contribution in [2.24, 2.45) is 0 Å². The Balaban J connectivity index is 1.64. The lowest BCUT2D eigenvalue weighted by atomic mass is 9.93. The van der Waals surface area contributed by atoms with Crippen molar-refractivity contribution in [3.8, 4) is 22.8 Å². The molecular formula is C29H30N4O3. The molecule has 0 saturated heterocycles. The number of pyridine rings is 1. The van der Waals surface area contributed by atoms with Crippen LogP contribution in [0.4, 0.5) is 0 Å². The third-order valence-corrected chi connectivity index (χ3v) is 6.58. The number of carbonyl (C=O) groups excluding carboxylic acids is 1. The monoisotopic (exact) mass is 482 g/mol. The summed E-state index contributed by atoms with van der Waals surface area (Å²) < 4.78 is 5.99. The van der Waals surface area contributed by atoms with Crippen LogP contribution in [0.1, 0.15) is 64.1 Å². The van der Waals surface area contributed by atoms with Crippen molar-refractivity contribution in [1.29, 1.82) is 0 Å². The van der Waals surface area contributed by atoms with Crippen molar-refractivity contribution in [3.05, 3.63) is 94.4 Å². The second-order valence-corrected chi connectivity index (χ2v) is 9.31. The molecule has 0 spiro atoms. The van der Waals surface area contributed by atoms with E-state index >= 15 is 0 Å². The molecule has 1 atom stereocenters. The average molecular weight is 483 g/mol. The van der Waals surface area contributed by atoms with Crippen LogP contribution in [-0.4, -0.2) is 37.7 Å². The number of carbonyl (C=O) groups is 1. The van der Waals surface area contributed by atoms with Gasteiger partial charge in [0, 0.05) is 30.1 Å². The number of aromatic amines is 1. The van der Waals surface area contributed by atoms with Gasteiger partial charge >= 0.3 is 0 Å². The highest BCUT2D eigenvalue weighted by Gasteiger charge is 2.43. The number of rotatable bonds is 8. The zero-order valence-corrected chi connectivity index (χ0v) is 20.8. The maximum absolute atomic E-state index is 13.7. The van der Waals surface area contributed by atoms with E-state index < -0.39 is 6.04 Å². The maximum atomic E-state index is 13.7. The lowest BCUT2D eigenvalue weighted by molar-refractivity contribution is 0.0729. The van der Waals surface area contributed by atoms with Crippen LogP contribution in [0.2, 0.25) is 0 Å². The van der Waals surface area contributed by atoms with Gasteiger partial charge in [-0.25, -0.2) is 0 Å². The number of nitrogens with zero attached hydrogens (tertiary/aromatic N) is 3. The van der Waals surface area contributed by atoms with Gasteiger partial charge < -0.3 is 14.7 Å². The van der Waals surface area contributed by atoms with Gasteiger partial charge in [0.15, 0.2) is 0 Å². The Hall–Kier alpha value is -4.13. The molecule has 5 rings (SSSR count). The van der Waals surface area contributed by atoms with Crippen LogP contribution in [0.3, 0.4) is 0 Å². The minimum atomic E-state index is -0.406. The second-order valence-electron chi connectivity index (χ2n) is 9.31. The van der Waals surface area contributed by atoms with E-state index in [1.54, 1.807) is 18.5 Å². The van der Waals surface area contributed by atoms with Gasteiger partial charge in [-0.15, -0.1) is 0 Å². The molecule has 1 aliphatic rings. The number of aromatic nitrogens is 3. The molecule has 0 bridgehead atoms. The SMILES string of the molecule is CCCCOc1cccc(C2c3c(-c4c(C)cc(C)cc4O)n[nH]c3C(=O)N2Cc2cccnc2)c1. The van der Waals surface area contributed by atoms with Crippen LogP contribution in [0.5, 0.6) is 11.5 Å². The zero-order chi connectivity index (χ0) is 25.2. The second kappa shape index (κ2) is 9.85. The number of nitrogens with one attached hydrogen (secondary N) is 1. The Labute approximate surface area is 210 Å². The largest absolute Gasteiger partial charge is 0.507 e. The number of aromatic hydroxyl groups is 1. The van der Waals surface area contributed by atoms with Gasteiger partial charge in [-0.05, 0) is 66.8 Å². The molecule has 2 aromatic carbocycles. The first-order chi connectivity index (χ1) is 17.5. The summed E-state index contributed by atoms with van der Waals surface area (Å²) in [6.07, 6.45) is 5.52. The number of hydrogen-bond acceptors (Lipinski definition) is 5. The highest BCUT2D eigenvalue weighted by molar-refractivity contribution is 6.00. The summed E-state index contributed by atoms with van der Waals surface area (Å²) in [5, 5.41) is 18.4. The minimum Gasteiger partial charge on any atom is -0.507 e. The molecule has 7 heteroatoms. The van der Waals surface area contributed by atoms with Crippen molar-refractivity contribution < 1.29 is 14.6 Å². The smallest absolute Gasteiger partial charge is 0.273 e. The molecule has 3 heterocycles. The number of amides is 1. The number of unbranched alkanes of at least 4 members (excludes halogenated alkanes) is 1. The molecule has 2 N–H and O–H groups in total. The molecule has 0 aliphatic carbocycles. The molecule has 1 unspecified atom stereocenters. The Morgan fingerprint density at radius 3 is 2.75 bits per heavy atom. The fourth-order valence-corrected chi connectivity index (χ4v) is 4.95. The first-order valence-electron chi connectivity index (χ1n) is 12.3. The predicted molar refractivity (Wildman–Crippen MR) is 138 cm³/mol. The first kappa shape index (κ1) is 23.6. The maximum Gasteiger partial charge on any atom is 0.273 e. The summed E-state index contributed by atoms with van der Waals surface area (Å²) in [5.74, 6) is 0.775. The molecule has 7 nitrogen and oxygen atoms in total. The van der Waals surface area contributed by atoms with Crippen LogP contribution in [0.25, 0.3) is 11.3 Å². The predicted octanol–water partition coefficient (Wildman–Crippen LogP) is 5.72. The van der Waals surface area contributed by atoms with Crippen LogP contribution in [0.15, 0.2) is 60.9 Å². The molecule has 1 aliphatic heterocycles. The first-order valence-corrected chi connectivity index (χ1v) is 12.3. The van der Waals surface area contributed by atoms with Crippen LogP contribution in [-0.2, 0) is 6.54 Å². The highest BCUT2D eigenvalue weighted by atomic mass is 16.5. The standard InChI is InChI=1S/C29H30N4O3/c1-4-5-12-36-22-10-6-9-21(15-22)28-25-26(24-19(3)13-18(2)14-23(24)34)31-32-27(25)29(35)33(28)17-20-8-7-11-30-16-20/h6-11,13-16,28,34H,4-5,12,17H2,1-3H3,(H,31,32). The van der Waals surface area contributed by atoms with Gasteiger partial charge in [0.1, 0.15) is 22.9 Å². The zero-order valence-electron chi connectivity index (χ0n) is 20.8. The van der Waals surface area contributed by atoms with Crippen LogP contribution in [0, 0.1) is 13.8 Å².